The summed E-state index contributed by atoms with van der Waals surface area (Å²) in [5, 5.41) is 2.71. The van der Waals surface area contributed by atoms with Crippen molar-refractivity contribution in [1.29, 1.82) is 0 Å². The van der Waals surface area contributed by atoms with E-state index in [9.17, 15) is 13.6 Å². The Balaban J connectivity index is 2.47. The van der Waals surface area contributed by atoms with Gasteiger partial charge in [-0.3, -0.25) is 4.79 Å². The van der Waals surface area contributed by atoms with Gasteiger partial charge in [0.05, 0.1) is 6.61 Å². The van der Waals surface area contributed by atoms with E-state index in [1.165, 1.54) is 13.2 Å². The highest BCUT2D eigenvalue weighted by atomic mass is 19.2. The monoisotopic (exact) mass is 257 g/mol. The fourth-order valence-corrected chi connectivity index (χ4v) is 1.49. The first-order valence-corrected chi connectivity index (χ1v) is 5.75. The molecule has 0 aliphatic carbocycles. The zero-order valence-electron chi connectivity index (χ0n) is 10.5. The summed E-state index contributed by atoms with van der Waals surface area (Å²) >= 11 is 0. The summed E-state index contributed by atoms with van der Waals surface area (Å²) in [5.41, 5.74) is 0.654. The number of amides is 1. The molecule has 1 amide bonds. The molecule has 1 rings (SSSR count). The summed E-state index contributed by atoms with van der Waals surface area (Å²) in [4.78, 5) is 11.3. The summed E-state index contributed by atoms with van der Waals surface area (Å²) in [7, 11) is 1.52. The van der Waals surface area contributed by atoms with Gasteiger partial charge >= 0.3 is 0 Å². The summed E-state index contributed by atoms with van der Waals surface area (Å²) in [6.45, 7) is 2.59. The Labute approximate surface area is 105 Å². The maximum atomic E-state index is 13.0. The van der Waals surface area contributed by atoms with Crippen LogP contribution < -0.4 is 5.32 Å². The van der Waals surface area contributed by atoms with Crippen LogP contribution in [0.3, 0.4) is 0 Å². The molecule has 0 aromatic heterocycles. The van der Waals surface area contributed by atoms with Crippen LogP contribution in [0, 0.1) is 11.6 Å². The molecule has 100 valence electrons. The number of carbonyl (C=O) groups is 1. The van der Waals surface area contributed by atoms with Crippen LogP contribution in [-0.2, 0) is 9.53 Å². The van der Waals surface area contributed by atoms with Crippen LogP contribution in [0.5, 0.6) is 0 Å². The first kappa shape index (κ1) is 14.6. The van der Waals surface area contributed by atoms with E-state index in [4.69, 9.17) is 4.74 Å². The minimum absolute atomic E-state index is 0.0772. The highest BCUT2D eigenvalue weighted by molar-refractivity contribution is 5.76. The summed E-state index contributed by atoms with van der Waals surface area (Å²) in [6.07, 6.45) is 0.293. The zero-order chi connectivity index (χ0) is 13.5. The third-order valence-electron chi connectivity index (χ3n) is 2.65. The van der Waals surface area contributed by atoms with E-state index in [2.05, 4.69) is 5.32 Å². The molecule has 18 heavy (non-hydrogen) atoms. The molecule has 0 unspecified atom stereocenters. The lowest BCUT2D eigenvalue weighted by Crippen LogP contribution is -2.28. The zero-order valence-corrected chi connectivity index (χ0v) is 10.5. The van der Waals surface area contributed by atoms with E-state index >= 15 is 0 Å². The van der Waals surface area contributed by atoms with Crippen molar-refractivity contribution in [3.05, 3.63) is 35.4 Å². The second-order valence-corrected chi connectivity index (χ2v) is 4.12. The molecule has 0 aliphatic rings. The maximum absolute atomic E-state index is 13.0. The van der Waals surface area contributed by atoms with Gasteiger partial charge < -0.3 is 10.1 Å². The average molecular weight is 257 g/mol. The fourth-order valence-electron chi connectivity index (χ4n) is 1.49. The third-order valence-corrected chi connectivity index (χ3v) is 2.65. The second kappa shape index (κ2) is 7.06. The van der Waals surface area contributed by atoms with Crippen LogP contribution in [0.1, 0.15) is 24.8 Å². The molecule has 0 aliphatic heterocycles. The fraction of sp³-hybridized carbons (Fsp3) is 0.462. The second-order valence-electron chi connectivity index (χ2n) is 4.12. The quantitative estimate of drug-likeness (QED) is 0.848. The predicted octanol–water partition coefficient (Wildman–Crippen LogP) is 2.22. The molecule has 1 aromatic rings. The van der Waals surface area contributed by atoms with E-state index in [-0.39, 0.29) is 11.8 Å². The minimum Gasteiger partial charge on any atom is -0.384 e. The van der Waals surface area contributed by atoms with Crippen LogP contribution in [0.4, 0.5) is 8.78 Å². The lowest BCUT2D eigenvalue weighted by molar-refractivity contribution is -0.122. The first-order valence-electron chi connectivity index (χ1n) is 5.75. The van der Waals surface area contributed by atoms with Crippen molar-refractivity contribution in [2.24, 2.45) is 0 Å². The molecule has 1 aromatic carbocycles. The van der Waals surface area contributed by atoms with Gasteiger partial charge in [-0.1, -0.05) is 13.0 Å². The SMILES string of the molecule is COCCC(=O)NC[C@@H](C)c1ccc(F)c(F)c1. The van der Waals surface area contributed by atoms with Crippen LogP contribution >= 0.6 is 0 Å². The molecule has 3 nitrogen and oxygen atoms in total. The molecule has 1 N–H and O–H groups in total. The van der Waals surface area contributed by atoms with Crippen molar-refractivity contribution in [3.63, 3.8) is 0 Å². The van der Waals surface area contributed by atoms with Crippen molar-refractivity contribution in [2.75, 3.05) is 20.3 Å². The van der Waals surface area contributed by atoms with Gasteiger partial charge in [-0.25, -0.2) is 8.78 Å². The largest absolute Gasteiger partial charge is 0.384 e. The predicted molar refractivity (Wildman–Crippen MR) is 64.3 cm³/mol. The standard InChI is InChI=1S/C13H17F2NO2/c1-9(8-16-13(17)5-6-18-2)10-3-4-11(14)12(15)7-10/h3-4,7,9H,5-6,8H2,1-2H3,(H,16,17)/t9-/m1/s1. The molecule has 0 radical (unpaired) electrons. The lowest BCUT2D eigenvalue weighted by atomic mass is 10.0. The topological polar surface area (TPSA) is 38.3 Å². The van der Waals surface area contributed by atoms with Crippen LogP contribution in [0.2, 0.25) is 0 Å². The Hall–Kier alpha value is -1.49. The van der Waals surface area contributed by atoms with E-state index in [1.807, 2.05) is 6.92 Å². The molecule has 0 fully saturated rings. The average Bonchev–Trinajstić information content (AvgIpc) is 2.36. The van der Waals surface area contributed by atoms with Crippen LogP contribution in [0.15, 0.2) is 18.2 Å². The molecule has 0 saturated heterocycles. The number of halogens is 2. The lowest BCUT2D eigenvalue weighted by Gasteiger charge is -2.13. The number of carbonyl (C=O) groups excluding carboxylic acids is 1. The number of hydrogen-bond acceptors (Lipinski definition) is 2. The molecule has 5 heteroatoms. The molecule has 1 atom stereocenters. The molecule has 0 bridgehead atoms. The number of benzene rings is 1. The van der Waals surface area contributed by atoms with Gasteiger partial charge in [0.15, 0.2) is 11.6 Å². The Kier molecular flexibility index (Phi) is 5.71. The highest BCUT2D eigenvalue weighted by Crippen LogP contribution is 2.17. The molecule has 0 heterocycles. The number of methoxy groups -OCH3 is 1. The van der Waals surface area contributed by atoms with Crippen molar-refractivity contribution < 1.29 is 18.3 Å². The number of hydrogen-bond donors (Lipinski definition) is 1. The highest BCUT2D eigenvalue weighted by Gasteiger charge is 2.10. The Morgan fingerprint density at radius 3 is 2.72 bits per heavy atom. The van der Waals surface area contributed by atoms with Gasteiger partial charge in [-0.2, -0.15) is 0 Å². The van der Waals surface area contributed by atoms with Gasteiger partial charge in [0, 0.05) is 20.1 Å². The molecular formula is C13H17F2NO2. The normalized spacial score (nSPS) is 12.2. The molecular weight excluding hydrogens is 240 g/mol. The van der Waals surface area contributed by atoms with Crippen molar-refractivity contribution in [3.8, 4) is 0 Å². The third kappa shape index (κ3) is 4.41. The number of ether oxygens (including phenoxy) is 1. The van der Waals surface area contributed by atoms with Crippen molar-refractivity contribution in [1.82, 2.24) is 5.32 Å². The number of nitrogens with one attached hydrogen (secondary N) is 1. The summed E-state index contributed by atoms with van der Waals surface area (Å²) in [6, 6.07) is 3.76. The smallest absolute Gasteiger partial charge is 0.222 e. The van der Waals surface area contributed by atoms with E-state index in [0.717, 1.165) is 12.1 Å². The summed E-state index contributed by atoms with van der Waals surface area (Å²) < 4.78 is 30.6. The van der Waals surface area contributed by atoms with Crippen molar-refractivity contribution >= 4 is 5.91 Å². The first-order chi connectivity index (χ1) is 8.54. The van der Waals surface area contributed by atoms with Crippen LogP contribution in [0.25, 0.3) is 0 Å². The van der Waals surface area contributed by atoms with Gasteiger partial charge in [0.1, 0.15) is 0 Å². The van der Waals surface area contributed by atoms with Crippen molar-refractivity contribution in [2.45, 2.75) is 19.3 Å². The van der Waals surface area contributed by atoms with Crippen LogP contribution in [-0.4, -0.2) is 26.2 Å². The van der Waals surface area contributed by atoms with Gasteiger partial charge in [0.25, 0.3) is 0 Å². The van der Waals surface area contributed by atoms with Gasteiger partial charge in [-0.15, -0.1) is 0 Å². The maximum Gasteiger partial charge on any atom is 0.222 e. The number of rotatable bonds is 6. The van der Waals surface area contributed by atoms with E-state index in [1.54, 1.807) is 0 Å². The van der Waals surface area contributed by atoms with E-state index < -0.39 is 11.6 Å². The van der Waals surface area contributed by atoms with E-state index in [0.29, 0.717) is 25.1 Å². The Morgan fingerprint density at radius 1 is 1.39 bits per heavy atom. The molecule has 0 spiro atoms. The van der Waals surface area contributed by atoms with Gasteiger partial charge in [-0.05, 0) is 23.6 Å². The molecule has 0 saturated carbocycles. The van der Waals surface area contributed by atoms with Gasteiger partial charge in [0.2, 0.25) is 5.91 Å². The Bertz CT molecular complexity index is 410. The Morgan fingerprint density at radius 2 is 2.11 bits per heavy atom. The minimum atomic E-state index is -0.870. The summed E-state index contributed by atoms with van der Waals surface area (Å²) in [5.74, 6) is -1.93.